The lowest BCUT2D eigenvalue weighted by Crippen LogP contribution is -2.23. The van der Waals surface area contributed by atoms with Crippen LogP contribution in [-0.2, 0) is 19.1 Å². The predicted molar refractivity (Wildman–Crippen MR) is 46.2 cm³/mol. The Balaban J connectivity index is 2.26. The first-order valence-corrected chi connectivity index (χ1v) is 4.37. The Bertz CT molecular complexity index is 343. The number of hydrogen-bond donors (Lipinski definition) is 1. The van der Waals surface area contributed by atoms with E-state index in [1.54, 1.807) is 0 Å². The van der Waals surface area contributed by atoms with Crippen molar-refractivity contribution in [2.75, 3.05) is 13.2 Å². The van der Waals surface area contributed by atoms with Crippen molar-refractivity contribution in [3.8, 4) is 0 Å². The van der Waals surface area contributed by atoms with Crippen molar-refractivity contribution < 1.29 is 19.1 Å². The molecule has 0 amide bonds. The second-order valence-electron chi connectivity index (χ2n) is 3.93. The van der Waals surface area contributed by atoms with Crippen LogP contribution < -0.4 is 5.32 Å². The lowest BCUT2D eigenvalue weighted by molar-refractivity contribution is -0.146. The second-order valence-corrected chi connectivity index (χ2v) is 3.93. The molecule has 76 valence electrons. The van der Waals surface area contributed by atoms with Gasteiger partial charge in [0.05, 0.1) is 6.54 Å². The third-order valence-corrected chi connectivity index (χ3v) is 2.13. The van der Waals surface area contributed by atoms with E-state index in [0.29, 0.717) is 18.0 Å². The second kappa shape index (κ2) is 2.73. The number of ether oxygens (including phenoxy) is 2. The van der Waals surface area contributed by atoms with Crippen LogP contribution in [0, 0.1) is 0 Å². The van der Waals surface area contributed by atoms with Crippen LogP contribution >= 0.6 is 0 Å². The zero-order chi connectivity index (χ0) is 10.3. The molecule has 2 rings (SSSR count). The minimum atomic E-state index is -0.803. The minimum Gasteiger partial charge on any atom is -0.471 e. The molecule has 5 heteroatoms. The van der Waals surface area contributed by atoms with Gasteiger partial charge in [-0.15, -0.1) is 0 Å². The van der Waals surface area contributed by atoms with E-state index in [4.69, 9.17) is 4.74 Å². The van der Waals surface area contributed by atoms with Crippen molar-refractivity contribution in [2.24, 2.45) is 0 Å². The Labute approximate surface area is 81.1 Å². The number of carbonyl (C=O) groups excluding carboxylic acids is 2. The van der Waals surface area contributed by atoms with Crippen molar-refractivity contribution in [3.63, 3.8) is 0 Å². The number of ketones is 1. The van der Waals surface area contributed by atoms with Crippen molar-refractivity contribution in [2.45, 2.75) is 19.4 Å². The Morgan fingerprint density at radius 3 is 2.50 bits per heavy atom. The molecule has 0 spiro atoms. The molecular formula is C9H11NO4. The van der Waals surface area contributed by atoms with E-state index in [2.05, 4.69) is 10.1 Å². The molecule has 2 aliphatic rings. The maximum absolute atomic E-state index is 11.3. The fraction of sp³-hybridized carbons (Fsp3) is 0.556. The molecule has 0 aromatic carbocycles. The van der Waals surface area contributed by atoms with Gasteiger partial charge in [0.25, 0.3) is 5.78 Å². The van der Waals surface area contributed by atoms with Gasteiger partial charge in [-0.2, -0.15) is 0 Å². The van der Waals surface area contributed by atoms with E-state index in [0.717, 1.165) is 0 Å². The van der Waals surface area contributed by atoms with Crippen molar-refractivity contribution in [1.82, 2.24) is 5.32 Å². The van der Waals surface area contributed by atoms with Crippen LogP contribution in [0.5, 0.6) is 0 Å². The highest BCUT2D eigenvalue weighted by molar-refractivity contribution is 6.42. The molecule has 1 N–H and O–H groups in total. The number of carbonyl (C=O) groups is 2. The Kier molecular flexibility index (Phi) is 1.77. The maximum atomic E-state index is 11.3. The lowest BCUT2D eigenvalue weighted by Gasteiger charge is -2.14. The minimum absolute atomic E-state index is 0.01000. The number of hydrogen-bond acceptors (Lipinski definition) is 5. The zero-order valence-electron chi connectivity index (χ0n) is 8.05. The molecule has 0 aromatic rings. The summed E-state index contributed by atoms with van der Waals surface area (Å²) in [6.45, 7) is 4.43. The molecule has 2 fully saturated rings. The summed E-state index contributed by atoms with van der Waals surface area (Å²) in [6.07, 6.45) is 0. The fourth-order valence-electron chi connectivity index (χ4n) is 1.37. The largest absolute Gasteiger partial charge is 0.471 e. The zero-order valence-corrected chi connectivity index (χ0v) is 8.05. The first kappa shape index (κ1) is 9.05. The summed E-state index contributed by atoms with van der Waals surface area (Å²) >= 11 is 0. The lowest BCUT2D eigenvalue weighted by atomic mass is 10.1. The Hall–Kier alpha value is -1.52. The quantitative estimate of drug-likeness (QED) is 0.329. The van der Waals surface area contributed by atoms with Crippen LogP contribution in [0.3, 0.4) is 0 Å². The van der Waals surface area contributed by atoms with Crippen LogP contribution in [0.1, 0.15) is 13.8 Å². The molecule has 14 heavy (non-hydrogen) atoms. The molecule has 0 aliphatic carbocycles. The van der Waals surface area contributed by atoms with Crippen LogP contribution in [-0.4, -0.2) is 30.5 Å². The highest BCUT2D eigenvalue weighted by Gasteiger charge is 2.37. The Morgan fingerprint density at radius 1 is 1.36 bits per heavy atom. The molecule has 0 bridgehead atoms. The normalized spacial score (nSPS) is 29.9. The maximum Gasteiger partial charge on any atom is 0.380 e. The highest BCUT2D eigenvalue weighted by Crippen LogP contribution is 2.24. The number of cyclic esters (lactones) is 1. The molecule has 0 saturated carbocycles. The average Bonchev–Trinajstić information content (AvgIpc) is 2.59. The van der Waals surface area contributed by atoms with E-state index in [1.807, 2.05) is 13.8 Å². The standard InChI is InChI=1S/C9H11NO4/c1-9(2)4-10-7(14-9)5-3-13-8(12)6(5)11/h10H,3-4H2,1-2H3/b7-5-. The summed E-state index contributed by atoms with van der Waals surface area (Å²) in [7, 11) is 0. The number of rotatable bonds is 0. The summed E-state index contributed by atoms with van der Waals surface area (Å²) in [5.41, 5.74) is -0.0468. The predicted octanol–water partition coefficient (Wildman–Crippen LogP) is -0.278. The molecule has 2 aliphatic heterocycles. The van der Waals surface area contributed by atoms with Gasteiger partial charge in [-0.25, -0.2) is 4.79 Å². The van der Waals surface area contributed by atoms with Crippen LogP contribution in [0.15, 0.2) is 11.5 Å². The molecule has 0 unspecified atom stereocenters. The van der Waals surface area contributed by atoms with Gasteiger partial charge in [0.1, 0.15) is 17.8 Å². The van der Waals surface area contributed by atoms with E-state index >= 15 is 0 Å². The highest BCUT2D eigenvalue weighted by atomic mass is 16.6. The van der Waals surface area contributed by atoms with Crippen molar-refractivity contribution >= 4 is 11.8 Å². The van der Waals surface area contributed by atoms with E-state index in [-0.39, 0.29) is 12.2 Å². The third kappa shape index (κ3) is 1.34. The summed E-state index contributed by atoms with van der Waals surface area (Å²) in [6, 6.07) is 0. The summed E-state index contributed by atoms with van der Waals surface area (Å²) < 4.78 is 10.1. The number of Topliss-reactive ketones (excluding diaryl/α,β-unsaturated/α-hetero) is 1. The summed E-state index contributed by atoms with van der Waals surface area (Å²) in [4.78, 5) is 22.1. The number of nitrogens with one attached hydrogen (secondary N) is 1. The average molecular weight is 197 g/mol. The summed E-state index contributed by atoms with van der Waals surface area (Å²) in [5, 5.41) is 2.94. The van der Waals surface area contributed by atoms with Gasteiger partial charge in [0, 0.05) is 0 Å². The molecule has 2 heterocycles. The van der Waals surface area contributed by atoms with Gasteiger partial charge < -0.3 is 14.8 Å². The molecule has 2 saturated heterocycles. The first-order chi connectivity index (χ1) is 6.49. The van der Waals surface area contributed by atoms with Crippen LogP contribution in [0.25, 0.3) is 0 Å². The smallest absolute Gasteiger partial charge is 0.380 e. The fourth-order valence-corrected chi connectivity index (χ4v) is 1.37. The van der Waals surface area contributed by atoms with E-state index in [9.17, 15) is 9.59 Å². The van der Waals surface area contributed by atoms with Gasteiger partial charge in [-0.05, 0) is 13.8 Å². The van der Waals surface area contributed by atoms with Gasteiger partial charge in [-0.1, -0.05) is 0 Å². The molecule has 0 atom stereocenters. The van der Waals surface area contributed by atoms with Crippen LogP contribution in [0.4, 0.5) is 0 Å². The van der Waals surface area contributed by atoms with Gasteiger partial charge >= 0.3 is 5.97 Å². The Morgan fingerprint density at radius 2 is 2.07 bits per heavy atom. The van der Waals surface area contributed by atoms with E-state index in [1.165, 1.54) is 0 Å². The molecule has 5 nitrogen and oxygen atoms in total. The first-order valence-electron chi connectivity index (χ1n) is 4.37. The van der Waals surface area contributed by atoms with Crippen molar-refractivity contribution in [1.29, 1.82) is 0 Å². The molecule has 0 aromatic heterocycles. The molecule has 0 radical (unpaired) electrons. The molecular weight excluding hydrogens is 186 g/mol. The van der Waals surface area contributed by atoms with Crippen molar-refractivity contribution in [3.05, 3.63) is 11.5 Å². The monoisotopic (exact) mass is 197 g/mol. The number of esters is 1. The topological polar surface area (TPSA) is 64.6 Å². The van der Waals surface area contributed by atoms with Gasteiger partial charge in [0.15, 0.2) is 5.88 Å². The van der Waals surface area contributed by atoms with Gasteiger partial charge in [0.2, 0.25) is 0 Å². The summed E-state index contributed by atoms with van der Waals surface area (Å²) in [5.74, 6) is -1.03. The SMILES string of the molecule is CC1(C)CN/C(=C2\COC(=O)C2=O)O1. The third-order valence-electron chi connectivity index (χ3n) is 2.13. The van der Waals surface area contributed by atoms with Crippen LogP contribution in [0.2, 0.25) is 0 Å². The van der Waals surface area contributed by atoms with E-state index < -0.39 is 11.8 Å². The van der Waals surface area contributed by atoms with Gasteiger partial charge in [-0.3, -0.25) is 4.79 Å².